The van der Waals surface area contributed by atoms with Crippen LogP contribution < -0.4 is 5.32 Å². The van der Waals surface area contributed by atoms with Crippen LogP contribution in [0.25, 0.3) is 0 Å². The van der Waals surface area contributed by atoms with Crippen LogP contribution in [0.3, 0.4) is 0 Å². The summed E-state index contributed by atoms with van der Waals surface area (Å²) in [5, 5.41) is 33.6. The van der Waals surface area contributed by atoms with Crippen molar-refractivity contribution in [3.05, 3.63) is 0 Å². The number of carbonyl (C=O) groups is 3. The Morgan fingerprint density at radius 1 is 0.600 bits per heavy atom. The number of nitrogens with one attached hydrogen (secondary N) is 1. The summed E-state index contributed by atoms with van der Waals surface area (Å²) in [4.78, 5) is 42.5. The minimum atomic E-state index is -0.935. The van der Waals surface area contributed by atoms with Gasteiger partial charge in [-0.1, -0.05) is 81.1 Å². The van der Waals surface area contributed by atoms with Gasteiger partial charge in [-0.15, -0.1) is 0 Å². The highest BCUT2D eigenvalue weighted by Gasteiger charge is 2.38. The lowest BCUT2D eigenvalue weighted by molar-refractivity contribution is -0.143. The van der Waals surface area contributed by atoms with Crippen molar-refractivity contribution in [1.82, 2.24) is 20.0 Å². The second-order valence-corrected chi connectivity index (χ2v) is 12.2. The Labute approximate surface area is 242 Å². The highest BCUT2D eigenvalue weighted by atomic mass is 16.4. The molecule has 0 aromatic heterocycles. The zero-order valence-corrected chi connectivity index (χ0v) is 26.3. The Kier molecular flexibility index (Phi) is 16.3. The second kappa shape index (κ2) is 17.9. The molecule has 1 rings (SSSR count). The van der Waals surface area contributed by atoms with E-state index in [2.05, 4.69) is 70.5 Å². The Bertz CT molecular complexity index is 769. The summed E-state index contributed by atoms with van der Waals surface area (Å²) >= 11 is 0. The monoisotopic (exact) mass is 570 g/mol. The second-order valence-electron chi connectivity index (χ2n) is 12.2. The number of aliphatic carboxylic acids is 3. The maximum atomic E-state index is 12.2. The first-order valence-corrected chi connectivity index (χ1v) is 15.4. The largest absolute Gasteiger partial charge is 0.480 e. The van der Waals surface area contributed by atoms with E-state index in [9.17, 15) is 29.7 Å². The van der Waals surface area contributed by atoms with E-state index in [4.69, 9.17) is 0 Å². The quantitative estimate of drug-likeness (QED) is 0.246. The first kappa shape index (κ1) is 36.3. The van der Waals surface area contributed by atoms with Gasteiger partial charge >= 0.3 is 17.9 Å². The van der Waals surface area contributed by atoms with Crippen LogP contribution in [0.1, 0.15) is 81.1 Å². The van der Waals surface area contributed by atoms with E-state index in [1.807, 2.05) is 4.90 Å². The molecule has 10 nitrogen and oxygen atoms in total. The number of rotatable bonds is 14. The molecule has 234 valence electrons. The molecule has 0 aliphatic carbocycles. The predicted molar refractivity (Wildman–Crippen MR) is 159 cm³/mol. The number of carboxylic acids is 3. The van der Waals surface area contributed by atoms with Gasteiger partial charge in [0.25, 0.3) is 0 Å². The van der Waals surface area contributed by atoms with Crippen LogP contribution in [0.2, 0.25) is 0 Å². The standard InChI is InChI=1S/C30H58N4O6/c1-9-20(5)24-14-32(17-28(35)36)26(22(7)11-3)16-34(19-30(39)40)27(23(8)12-4)15-33(18-29(37)38)25(13-31-24)21(6)10-2/h20-27,31H,9-19H2,1-8H3,(H,35,36)(H,37,38)(H,39,40)/t20-,21-,22-,23-,24-,25-,26-,27-/m1/s1. The van der Waals surface area contributed by atoms with Crippen molar-refractivity contribution in [2.24, 2.45) is 23.7 Å². The van der Waals surface area contributed by atoms with E-state index >= 15 is 0 Å². The van der Waals surface area contributed by atoms with Crippen LogP contribution >= 0.6 is 0 Å². The number of nitrogens with zero attached hydrogens (tertiary/aromatic N) is 3. The molecular formula is C30H58N4O6. The fraction of sp³-hybridized carbons (Fsp3) is 0.900. The van der Waals surface area contributed by atoms with Crippen molar-refractivity contribution in [1.29, 1.82) is 0 Å². The molecule has 0 unspecified atom stereocenters. The first-order valence-electron chi connectivity index (χ1n) is 15.4. The highest BCUT2D eigenvalue weighted by molar-refractivity contribution is 5.70. The fourth-order valence-corrected chi connectivity index (χ4v) is 6.03. The topological polar surface area (TPSA) is 134 Å². The molecule has 0 bridgehead atoms. The summed E-state index contributed by atoms with van der Waals surface area (Å²) in [5.41, 5.74) is 0. The van der Waals surface area contributed by atoms with Crippen molar-refractivity contribution < 1.29 is 29.7 Å². The molecule has 0 spiro atoms. The third-order valence-electron chi connectivity index (χ3n) is 9.52. The molecule has 1 aliphatic rings. The van der Waals surface area contributed by atoms with E-state index in [1.165, 1.54) is 0 Å². The maximum absolute atomic E-state index is 12.2. The van der Waals surface area contributed by atoms with Gasteiger partial charge in [-0.2, -0.15) is 0 Å². The first-order chi connectivity index (χ1) is 18.8. The van der Waals surface area contributed by atoms with Gasteiger partial charge in [-0.3, -0.25) is 29.1 Å². The van der Waals surface area contributed by atoms with Gasteiger partial charge in [0.15, 0.2) is 0 Å². The Morgan fingerprint density at radius 2 is 0.925 bits per heavy atom. The third-order valence-corrected chi connectivity index (χ3v) is 9.52. The Morgan fingerprint density at radius 3 is 1.27 bits per heavy atom. The van der Waals surface area contributed by atoms with Gasteiger partial charge in [0.1, 0.15) is 0 Å². The van der Waals surface area contributed by atoms with Crippen molar-refractivity contribution >= 4 is 17.9 Å². The average molecular weight is 571 g/mol. The molecule has 1 aliphatic heterocycles. The lowest BCUT2D eigenvalue weighted by Crippen LogP contribution is -2.62. The van der Waals surface area contributed by atoms with Crippen molar-refractivity contribution in [2.45, 2.75) is 105 Å². The van der Waals surface area contributed by atoms with Crippen LogP contribution in [0.4, 0.5) is 0 Å². The van der Waals surface area contributed by atoms with E-state index in [0.717, 1.165) is 25.7 Å². The van der Waals surface area contributed by atoms with Gasteiger partial charge in [0.05, 0.1) is 19.6 Å². The SMILES string of the molecule is CC[C@@H](C)[C@H]1CN[C@@H]([C@H](C)CC)CN(CC(=O)O)[C@@H]([C@H](C)CC)CN(CC(=O)O)[C@@H]([C@H](C)CC)CN1CC(=O)O. The zero-order chi connectivity index (χ0) is 30.6. The molecule has 8 atom stereocenters. The number of carboxylic acid groups (broad SMARTS) is 3. The fourth-order valence-electron chi connectivity index (χ4n) is 6.03. The van der Waals surface area contributed by atoms with Gasteiger partial charge in [-0.05, 0) is 23.7 Å². The van der Waals surface area contributed by atoms with Crippen LogP contribution in [-0.4, -0.2) is 118 Å². The molecule has 1 saturated heterocycles. The molecule has 0 saturated carbocycles. The van der Waals surface area contributed by atoms with Gasteiger partial charge in [0, 0.05) is 50.3 Å². The summed E-state index contributed by atoms with van der Waals surface area (Å²) in [6.07, 6.45) is 3.44. The Hall–Kier alpha value is -1.75. The lowest BCUT2D eigenvalue weighted by Gasteiger charge is -2.47. The predicted octanol–water partition coefficient (Wildman–Crippen LogP) is 3.41. The van der Waals surface area contributed by atoms with Crippen LogP contribution in [0.15, 0.2) is 0 Å². The minimum absolute atomic E-state index is 0.00635. The van der Waals surface area contributed by atoms with Crippen molar-refractivity contribution in [2.75, 3.05) is 45.8 Å². The van der Waals surface area contributed by atoms with Crippen LogP contribution in [0, 0.1) is 23.7 Å². The maximum Gasteiger partial charge on any atom is 0.317 e. The molecule has 0 aromatic rings. The zero-order valence-electron chi connectivity index (χ0n) is 26.3. The smallest absolute Gasteiger partial charge is 0.317 e. The summed E-state index contributed by atoms with van der Waals surface area (Å²) < 4.78 is 0. The summed E-state index contributed by atoms with van der Waals surface area (Å²) in [6, 6.07) is -0.427. The molecule has 1 fully saturated rings. The summed E-state index contributed by atoms with van der Waals surface area (Å²) in [5.74, 6) is -1.99. The van der Waals surface area contributed by atoms with E-state index < -0.39 is 17.9 Å². The molecule has 4 N–H and O–H groups in total. The van der Waals surface area contributed by atoms with Gasteiger partial charge in [-0.25, -0.2) is 0 Å². The van der Waals surface area contributed by atoms with Crippen LogP contribution in [0.5, 0.6) is 0 Å². The molecule has 0 radical (unpaired) electrons. The molecular weight excluding hydrogens is 512 g/mol. The number of hydrogen-bond acceptors (Lipinski definition) is 7. The van der Waals surface area contributed by atoms with E-state index in [0.29, 0.717) is 26.2 Å². The minimum Gasteiger partial charge on any atom is -0.480 e. The average Bonchev–Trinajstić information content (AvgIpc) is 2.89. The van der Waals surface area contributed by atoms with Crippen LogP contribution in [-0.2, 0) is 14.4 Å². The normalized spacial score (nSPS) is 27.6. The molecule has 10 heteroatoms. The van der Waals surface area contributed by atoms with Gasteiger partial charge in [0.2, 0.25) is 0 Å². The molecule has 40 heavy (non-hydrogen) atoms. The summed E-state index contributed by atoms with van der Waals surface area (Å²) in [7, 11) is 0. The lowest BCUT2D eigenvalue weighted by atomic mass is 9.89. The highest BCUT2D eigenvalue weighted by Crippen LogP contribution is 2.26. The Balaban J connectivity index is 3.84. The number of hydrogen-bond donors (Lipinski definition) is 4. The molecule has 0 aromatic carbocycles. The van der Waals surface area contributed by atoms with Gasteiger partial charge < -0.3 is 20.6 Å². The van der Waals surface area contributed by atoms with Crippen molar-refractivity contribution in [3.8, 4) is 0 Å². The third kappa shape index (κ3) is 11.3. The van der Waals surface area contributed by atoms with E-state index in [1.54, 1.807) is 0 Å². The van der Waals surface area contributed by atoms with Crippen molar-refractivity contribution in [3.63, 3.8) is 0 Å². The summed E-state index contributed by atoms with van der Waals surface area (Å²) in [6.45, 7) is 18.5. The van der Waals surface area contributed by atoms with E-state index in [-0.39, 0.29) is 67.5 Å². The molecule has 1 heterocycles. The molecule has 0 amide bonds.